The van der Waals surface area contributed by atoms with Gasteiger partial charge in [0.1, 0.15) is 0 Å². The van der Waals surface area contributed by atoms with Crippen LogP contribution < -0.4 is 0 Å². The van der Waals surface area contributed by atoms with E-state index < -0.39 is 0 Å². The van der Waals surface area contributed by atoms with Gasteiger partial charge in [-0.05, 0) is 6.92 Å². The SMILES string of the molecule is CCc1c[c-]c(C)nc1.[Y]. The zero-order valence-electron chi connectivity index (χ0n) is 6.39. The van der Waals surface area contributed by atoms with E-state index in [0.29, 0.717) is 0 Å². The number of nitrogens with zero attached hydrogens (tertiary/aromatic N) is 1. The summed E-state index contributed by atoms with van der Waals surface area (Å²) in [5, 5.41) is 0. The van der Waals surface area contributed by atoms with Gasteiger partial charge in [-0.3, -0.25) is 0 Å². The standard InChI is InChI=1S/C8H10N.Y/c1-3-8-5-4-7(2)9-6-8;/h5-6H,3H2,1-2H3;/q-1;. The van der Waals surface area contributed by atoms with Crippen molar-refractivity contribution in [2.45, 2.75) is 20.3 Å². The maximum absolute atomic E-state index is 4.09. The smallest absolute Gasteiger partial charge is 0 e. The van der Waals surface area contributed by atoms with E-state index in [0.717, 1.165) is 12.1 Å². The molecule has 1 heterocycles. The third-order valence-corrected chi connectivity index (χ3v) is 1.30. The van der Waals surface area contributed by atoms with Crippen LogP contribution in [0, 0.1) is 13.0 Å². The van der Waals surface area contributed by atoms with Crippen LogP contribution in [0.5, 0.6) is 0 Å². The first-order valence-corrected chi connectivity index (χ1v) is 3.16. The maximum Gasteiger partial charge on any atom is 0 e. The number of hydrogen-bond donors (Lipinski definition) is 0. The largest absolute Gasteiger partial charge is 0.301 e. The average molecular weight is 209 g/mol. The van der Waals surface area contributed by atoms with Crippen LogP contribution in [0.15, 0.2) is 12.3 Å². The summed E-state index contributed by atoms with van der Waals surface area (Å²) in [6, 6.07) is 5.03. The quantitative estimate of drug-likeness (QED) is 0.642. The fraction of sp³-hybridized carbons (Fsp3) is 0.375. The Kier molecular flexibility index (Phi) is 5.10. The Labute approximate surface area is 87.1 Å². The zero-order chi connectivity index (χ0) is 6.69. The number of hydrogen-bond acceptors (Lipinski definition) is 1. The summed E-state index contributed by atoms with van der Waals surface area (Å²) in [5.41, 5.74) is 2.22. The molecule has 0 aliphatic heterocycles. The Bertz CT molecular complexity index is 181. The van der Waals surface area contributed by atoms with Gasteiger partial charge in [0.25, 0.3) is 0 Å². The van der Waals surface area contributed by atoms with Crippen molar-refractivity contribution in [3.8, 4) is 0 Å². The van der Waals surface area contributed by atoms with Crippen LogP contribution in [-0.2, 0) is 39.1 Å². The van der Waals surface area contributed by atoms with Crippen LogP contribution in [0.1, 0.15) is 18.2 Å². The van der Waals surface area contributed by atoms with Crippen molar-refractivity contribution in [2.75, 3.05) is 0 Å². The Hall–Kier alpha value is 0.254. The minimum atomic E-state index is 0. The topological polar surface area (TPSA) is 12.9 Å². The maximum atomic E-state index is 4.09. The van der Waals surface area contributed by atoms with Crippen molar-refractivity contribution in [3.63, 3.8) is 0 Å². The van der Waals surface area contributed by atoms with Gasteiger partial charge >= 0.3 is 0 Å². The number of pyridine rings is 1. The Morgan fingerprint density at radius 2 is 2.30 bits per heavy atom. The molecule has 0 saturated carbocycles. The van der Waals surface area contributed by atoms with E-state index >= 15 is 0 Å². The molecule has 0 amide bonds. The van der Waals surface area contributed by atoms with Crippen molar-refractivity contribution < 1.29 is 32.7 Å². The Morgan fingerprint density at radius 3 is 2.70 bits per heavy atom. The van der Waals surface area contributed by atoms with Crippen molar-refractivity contribution >= 4 is 0 Å². The van der Waals surface area contributed by atoms with E-state index in [-0.39, 0.29) is 32.7 Å². The summed E-state index contributed by atoms with van der Waals surface area (Å²) in [6.07, 6.45) is 2.94. The van der Waals surface area contributed by atoms with Crippen molar-refractivity contribution in [2.24, 2.45) is 0 Å². The van der Waals surface area contributed by atoms with Crippen LogP contribution in [0.2, 0.25) is 0 Å². The number of aryl methyl sites for hydroxylation is 2. The molecule has 0 aromatic carbocycles. The van der Waals surface area contributed by atoms with Crippen molar-refractivity contribution in [1.82, 2.24) is 4.98 Å². The van der Waals surface area contributed by atoms with Crippen molar-refractivity contribution in [1.29, 1.82) is 0 Å². The van der Waals surface area contributed by atoms with E-state index in [1.54, 1.807) is 0 Å². The van der Waals surface area contributed by atoms with Gasteiger partial charge in [0.05, 0.1) is 0 Å². The van der Waals surface area contributed by atoms with E-state index in [9.17, 15) is 0 Å². The molecule has 1 aromatic rings. The molecule has 0 saturated heterocycles. The fourth-order valence-corrected chi connectivity index (χ4v) is 0.645. The second-order valence-corrected chi connectivity index (χ2v) is 2.06. The van der Waals surface area contributed by atoms with E-state index in [2.05, 4.69) is 18.0 Å². The molecule has 10 heavy (non-hydrogen) atoms. The third-order valence-electron chi connectivity index (χ3n) is 1.30. The van der Waals surface area contributed by atoms with Crippen LogP contribution in [0.25, 0.3) is 0 Å². The van der Waals surface area contributed by atoms with Gasteiger partial charge in [-0.1, -0.05) is 25.2 Å². The normalized spacial score (nSPS) is 8.60. The predicted octanol–water partition coefficient (Wildman–Crippen LogP) is 1.75. The molecule has 1 aromatic heterocycles. The fourth-order valence-electron chi connectivity index (χ4n) is 0.645. The summed E-state index contributed by atoms with van der Waals surface area (Å²) < 4.78 is 0. The van der Waals surface area contributed by atoms with Gasteiger partial charge in [0, 0.05) is 32.7 Å². The summed E-state index contributed by atoms with van der Waals surface area (Å²) in [7, 11) is 0. The van der Waals surface area contributed by atoms with E-state index in [1.807, 2.05) is 19.2 Å². The van der Waals surface area contributed by atoms with Gasteiger partial charge in [-0.25, -0.2) is 12.1 Å². The van der Waals surface area contributed by atoms with Crippen LogP contribution in [0.3, 0.4) is 0 Å². The molecule has 0 unspecified atom stereocenters. The summed E-state index contributed by atoms with van der Waals surface area (Å²) >= 11 is 0. The number of rotatable bonds is 1. The van der Waals surface area contributed by atoms with Gasteiger partial charge in [-0.2, -0.15) is 5.56 Å². The minimum absolute atomic E-state index is 0. The monoisotopic (exact) mass is 209 g/mol. The summed E-state index contributed by atoms with van der Waals surface area (Å²) in [5.74, 6) is 0. The average Bonchev–Trinajstić information content (AvgIpc) is 1.90. The second kappa shape index (κ2) is 4.98. The molecular formula is C8H10NY-. The van der Waals surface area contributed by atoms with Gasteiger partial charge in [0.15, 0.2) is 0 Å². The third kappa shape index (κ3) is 2.89. The first-order chi connectivity index (χ1) is 4.33. The molecule has 1 nitrogen and oxygen atoms in total. The molecule has 2 heteroatoms. The molecule has 0 atom stereocenters. The van der Waals surface area contributed by atoms with Crippen LogP contribution >= 0.6 is 0 Å². The minimum Gasteiger partial charge on any atom is -0.301 e. The zero-order valence-corrected chi connectivity index (χ0v) is 9.22. The van der Waals surface area contributed by atoms with Gasteiger partial charge < -0.3 is 4.98 Å². The molecule has 1 rings (SSSR count). The molecule has 0 aliphatic rings. The summed E-state index contributed by atoms with van der Waals surface area (Å²) in [6.45, 7) is 4.06. The molecule has 0 fully saturated rings. The van der Waals surface area contributed by atoms with E-state index in [1.165, 1.54) is 5.56 Å². The molecule has 0 bridgehead atoms. The first-order valence-electron chi connectivity index (χ1n) is 3.16. The Morgan fingerprint density at radius 1 is 1.60 bits per heavy atom. The number of aromatic nitrogens is 1. The van der Waals surface area contributed by atoms with Crippen molar-refractivity contribution in [3.05, 3.63) is 29.6 Å². The molecule has 1 radical (unpaired) electrons. The summed E-state index contributed by atoms with van der Waals surface area (Å²) in [4.78, 5) is 4.09. The Balaban J connectivity index is 0.000000810. The molecular weight excluding hydrogens is 199 g/mol. The molecule has 0 N–H and O–H groups in total. The van der Waals surface area contributed by atoms with E-state index in [4.69, 9.17) is 0 Å². The second-order valence-electron chi connectivity index (χ2n) is 2.06. The first kappa shape index (κ1) is 10.3. The predicted molar refractivity (Wildman–Crippen MR) is 37.2 cm³/mol. The molecule has 0 aliphatic carbocycles. The molecule has 51 valence electrons. The van der Waals surface area contributed by atoms with Gasteiger partial charge in [0.2, 0.25) is 0 Å². The van der Waals surface area contributed by atoms with Crippen LogP contribution in [0.4, 0.5) is 0 Å². The van der Waals surface area contributed by atoms with Gasteiger partial charge in [-0.15, -0.1) is 0 Å². The molecule has 0 spiro atoms. The van der Waals surface area contributed by atoms with Crippen LogP contribution in [-0.4, -0.2) is 4.98 Å².